The Morgan fingerprint density at radius 1 is 1.00 bits per heavy atom. The topological polar surface area (TPSA) is 30.0 Å². The summed E-state index contributed by atoms with van der Waals surface area (Å²) in [5.74, 6) is -1.96. The van der Waals surface area contributed by atoms with E-state index in [4.69, 9.17) is 0 Å². The van der Waals surface area contributed by atoms with Crippen LogP contribution in [0.4, 0.5) is 8.78 Å². The van der Waals surface area contributed by atoms with Gasteiger partial charge < -0.3 is 0 Å². The van der Waals surface area contributed by atoms with E-state index in [2.05, 4.69) is 4.98 Å². The number of para-hydroxylation sites is 1. The van der Waals surface area contributed by atoms with Gasteiger partial charge in [0.05, 0.1) is 5.52 Å². The number of hydrogen-bond donors (Lipinski definition) is 0. The summed E-state index contributed by atoms with van der Waals surface area (Å²) in [5, 5.41) is 0.665. The highest BCUT2D eigenvalue weighted by molar-refractivity contribution is 6.16. The molecule has 0 N–H and O–H groups in total. The van der Waals surface area contributed by atoms with Crippen LogP contribution in [0.5, 0.6) is 0 Å². The molecule has 4 heteroatoms. The van der Waals surface area contributed by atoms with Gasteiger partial charge >= 0.3 is 0 Å². The fraction of sp³-hybridized carbons (Fsp3) is 0.0588. The van der Waals surface area contributed by atoms with Crippen LogP contribution in [0.2, 0.25) is 0 Å². The van der Waals surface area contributed by atoms with E-state index in [0.29, 0.717) is 22.2 Å². The molecule has 1 heterocycles. The van der Waals surface area contributed by atoms with Crippen molar-refractivity contribution in [2.24, 2.45) is 0 Å². The summed E-state index contributed by atoms with van der Waals surface area (Å²) in [6, 6.07) is 11.6. The Bertz CT molecular complexity index is 838. The van der Waals surface area contributed by atoms with Gasteiger partial charge in [0.1, 0.15) is 11.6 Å². The third-order valence-electron chi connectivity index (χ3n) is 3.21. The first-order chi connectivity index (χ1) is 10.0. The quantitative estimate of drug-likeness (QED) is 0.664. The zero-order valence-corrected chi connectivity index (χ0v) is 11.2. The van der Waals surface area contributed by atoms with Crippen LogP contribution in [-0.2, 0) is 0 Å². The van der Waals surface area contributed by atoms with Gasteiger partial charge in [-0.05, 0) is 31.2 Å². The molecule has 0 aliphatic rings. The molecule has 0 fully saturated rings. The molecule has 2 nitrogen and oxygen atoms in total. The third-order valence-corrected chi connectivity index (χ3v) is 3.21. The minimum Gasteiger partial charge on any atom is -0.289 e. The van der Waals surface area contributed by atoms with Crippen molar-refractivity contribution in [3.63, 3.8) is 0 Å². The van der Waals surface area contributed by atoms with E-state index in [-0.39, 0.29) is 5.56 Å². The van der Waals surface area contributed by atoms with Gasteiger partial charge in [0.25, 0.3) is 0 Å². The fourth-order valence-corrected chi connectivity index (χ4v) is 2.34. The molecule has 0 aliphatic carbocycles. The van der Waals surface area contributed by atoms with E-state index >= 15 is 0 Å². The Labute approximate surface area is 120 Å². The van der Waals surface area contributed by atoms with Crippen molar-refractivity contribution >= 4 is 16.7 Å². The molecule has 0 amide bonds. The first kappa shape index (κ1) is 13.4. The summed E-state index contributed by atoms with van der Waals surface area (Å²) < 4.78 is 26.6. The van der Waals surface area contributed by atoms with Crippen molar-refractivity contribution < 1.29 is 13.6 Å². The van der Waals surface area contributed by atoms with Crippen LogP contribution in [0.1, 0.15) is 21.6 Å². The predicted octanol–water partition coefficient (Wildman–Crippen LogP) is 4.05. The van der Waals surface area contributed by atoms with E-state index < -0.39 is 17.4 Å². The maximum Gasteiger partial charge on any atom is 0.193 e. The summed E-state index contributed by atoms with van der Waals surface area (Å²) in [7, 11) is 0. The highest BCUT2D eigenvalue weighted by Crippen LogP contribution is 2.22. The number of pyridine rings is 1. The summed E-state index contributed by atoms with van der Waals surface area (Å²) in [6.45, 7) is 1.77. The molecular weight excluding hydrogens is 272 g/mol. The maximum absolute atomic E-state index is 13.3. The summed E-state index contributed by atoms with van der Waals surface area (Å²) in [5.41, 5.74) is 1.73. The van der Waals surface area contributed by atoms with Gasteiger partial charge in [-0.3, -0.25) is 9.78 Å². The Morgan fingerprint density at radius 2 is 1.67 bits per heavy atom. The number of benzene rings is 2. The smallest absolute Gasteiger partial charge is 0.193 e. The second kappa shape index (κ2) is 5.05. The lowest BCUT2D eigenvalue weighted by Crippen LogP contribution is -2.05. The first-order valence-electron chi connectivity index (χ1n) is 6.42. The van der Waals surface area contributed by atoms with Crippen molar-refractivity contribution in [2.45, 2.75) is 6.92 Å². The van der Waals surface area contributed by atoms with E-state index in [0.717, 1.165) is 18.2 Å². The van der Waals surface area contributed by atoms with Crippen LogP contribution >= 0.6 is 0 Å². The number of aromatic nitrogens is 1. The number of carbonyl (C=O) groups is 1. The largest absolute Gasteiger partial charge is 0.289 e. The van der Waals surface area contributed by atoms with Gasteiger partial charge in [-0.25, -0.2) is 8.78 Å². The molecular formula is C17H11F2NO. The molecule has 2 aromatic carbocycles. The second-order valence-corrected chi connectivity index (χ2v) is 4.82. The van der Waals surface area contributed by atoms with E-state index in [1.54, 1.807) is 31.2 Å². The molecule has 3 aromatic rings. The fourth-order valence-electron chi connectivity index (χ4n) is 2.34. The van der Waals surface area contributed by atoms with Gasteiger partial charge in [0.2, 0.25) is 0 Å². The Kier molecular flexibility index (Phi) is 3.22. The predicted molar refractivity (Wildman–Crippen MR) is 76.3 cm³/mol. The van der Waals surface area contributed by atoms with Crippen molar-refractivity contribution in [2.75, 3.05) is 0 Å². The molecule has 0 spiro atoms. The number of halogens is 2. The number of ketones is 1. The van der Waals surface area contributed by atoms with Crippen molar-refractivity contribution in [3.05, 3.63) is 77.0 Å². The lowest BCUT2D eigenvalue weighted by molar-refractivity contribution is 0.103. The number of nitrogens with zero attached hydrogens (tertiary/aromatic N) is 1. The number of aryl methyl sites for hydroxylation is 1. The summed E-state index contributed by atoms with van der Waals surface area (Å²) in [4.78, 5) is 16.9. The highest BCUT2D eigenvalue weighted by atomic mass is 19.1. The summed E-state index contributed by atoms with van der Waals surface area (Å²) in [6.07, 6.45) is 0. The van der Waals surface area contributed by atoms with Gasteiger partial charge in [-0.1, -0.05) is 18.2 Å². The third kappa shape index (κ3) is 2.52. The maximum atomic E-state index is 13.3. The highest BCUT2D eigenvalue weighted by Gasteiger charge is 2.15. The average Bonchev–Trinajstić information content (AvgIpc) is 2.44. The average molecular weight is 283 g/mol. The van der Waals surface area contributed by atoms with Gasteiger partial charge in [-0.15, -0.1) is 0 Å². The molecule has 104 valence electrons. The Hall–Kier alpha value is -2.62. The van der Waals surface area contributed by atoms with Crippen molar-refractivity contribution in [1.29, 1.82) is 0 Å². The summed E-state index contributed by atoms with van der Waals surface area (Å²) >= 11 is 0. The van der Waals surface area contributed by atoms with E-state index in [1.165, 1.54) is 0 Å². The van der Waals surface area contributed by atoms with Crippen molar-refractivity contribution in [3.8, 4) is 0 Å². The van der Waals surface area contributed by atoms with Gasteiger partial charge in [-0.2, -0.15) is 0 Å². The zero-order valence-electron chi connectivity index (χ0n) is 11.2. The normalized spacial score (nSPS) is 10.8. The van der Waals surface area contributed by atoms with Crippen LogP contribution in [0.15, 0.2) is 48.5 Å². The molecule has 21 heavy (non-hydrogen) atoms. The molecule has 3 rings (SSSR count). The molecule has 0 bridgehead atoms. The number of fused-ring (bicyclic) bond motifs is 1. The van der Waals surface area contributed by atoms with E-state index in [9.17, 15) is 13.6 Å². The number of hydrogen-bond acceptors (Lipinski definition) is 2. The SMILES string of the molecule is Cc1cc(C(=O)c2cc(F)cc(F)c2)c2ccccc2n1. The van der Waals surface area contributed by atoms with Gasteiger partial charge in [0.15, 0.2) is 5.78 Å². The minimum absolute atomic E-state index is 0.0109. The minimum atomic E-state index is -0.770. The number of rotatable bonds is 2. The molecule has 0 radical (unpaired) electrons. The van der Waals surface area contributed by atoms with Crippen LogP contribution in [0.25, 0.3) is 10.9 Å². The van der Waals surface area contributed by atoms with Crippen molar-refractivity contribution in [1.82, 2.24) is 4.98 Å². The molecule has 0 unspecified atom stereocenters. The van der Waals surface area contributed by atoms with Crippen LogP contribution < -0.4 is 0 Å². The van der Waals surface area contributed by atoms with Crippen LogP contribution in [-0.4, -0.2) is 10.8 Å². The molecule has 0 saturated carbocycles. The Balaban J connectivity index is 2.22. The zero-order chi connectivity index (χ0) is 15.0. The van der Waals surface area contributed by atoms with Crippen LogP contribution in [0, 0.1) is 18.6 Å². The second-order valence-electron chi connectivity index (χ2n) is 4.82. The lowest BCUT2D eigenvalue weighted by atomic mass is 9.99. The van der Waals surface area contributed by atoms with E-state index in [1.807, 2.05) is 6.07 Å². The first-order valence-corrected chi connectivity index (χ1v) is 6.42. The molecule has 0 aliphatic heterocycles. The standard InChI is InChI=1S/C17H11F2NO/c1-10-6-15(14-4-2-3-5-16(14)20-10)17(21)11-7-12(18)9-13(19)8-11/h2-9H,1H3. The number of carbonyl (C=O) groups excluding carboxylic acids is 1. The monoisotopic (exact) mass is 283 g/mol. The lowest BCUT2D eigenvalue weighted by Gasteiger charge is -2.07. The van der Waals surface area contributed by atoms with Gasteiger partial charge in [0, 0.05) is 28.3 Å². The Morgan fingerprint density at radius 3 is 2.38 bits per heavy atom. The molecule has 1 aromatic heterocycles. The molecule has 0 saturated heterocycles. The molecule has 0 atom stereocenters. The van der Waals surface area contributed by atoms with Crippen LogP contribution in [0.3, 0.4) is 0 Å².